The van der Waals surface area contributed by atoms with Crippen LogP contribution >= 0.6 is 12.2 Å². The minimum absolute atomic E-state index is 0.00871. The lowest BCUT2D eigenvalue weighted by molar-refractivity contribution is -0.194. The van der Waals surface area contributed by atoms with Crippen LogP contribution in [0.15, 0.2) is 21.7 Å². The Morgan fingerprint density at radius 1 is 1.31 bits per heavy atom. The van der Waals surface area contributed by atoms with Gasteiger partial charge in [-0.3, -0.25) is 14.4 Å². The molecule has 2 aliphatic carbocycles. The van der Waals surface area contributed by atoms with Crippen molar-refractivity contribution >= 4 is 41.1 Å². The van der Waals surface area contributed by atoms with Crippen LogP contribution in [0.25, 0.3) is 0 Å². The van der Waals surface area contributed by atoms with Crippen LogP contribution in [0.3, 0.4) is 0 Å². The summed E-state index contributed by atoms with van der Waals surface area (Å²) in [6.45, 7) is 3.19. The second-order valence-corrected chi connectivity index (χ2v) is 9.82. The fraction of sp³-hybridized carbons (Fsp3) is 0.577. The van der Waals surface area contributed by atoms with E-state index >= 15 is 0 Å². The Balaban J connectivity index is 1.71. The first-order chi connectivity index (χ1) is 17.2. The van der Waals surface area contributed by atoms with Crippen LogP contribution in [0.4, 0.5) is 0 Å². The standard InChI is InChI=1S/C26H27NO8S/c1-4-5-18-15(7-9-33-18)19-10-16-14(24(30)35-19)6-8-26(2)17(25(31)32-3)11-20(23(29)22(16)26)34-21(28)12-27-13-36/h7,9,14,16-17,19-20,22H,6,8,10-12H2,1-3H3. The predicted molar refractivity (Wildman–Crippen MR) is 127 cm³/mol. The van der Waals surface area contributed by atoms with E-state index in [1.165, 1.54) is 13.4 Å². The van der Waals surface area contributed by atoms with E-state index in [1.807, 2.05) is 6.92 Å². The smallest absolute Gasteiger partial charge is 0.329 e. The zero-order valence-corrected chi connectivity index (χ0v) is 21.1. The lowest BCUT2D eigenvalue weighted by atomic mass is 9.48. The van der Waals surface area contributed by atoms with Crippen molar-refractivity contribution in [2.75, 3.05) is 13.7 Å². The SMILES string of the molecule is CC#Cc1occc1C1CC2C(CCC3(C)C(C(=O)OC)CC(OC(=O)CN=C=S)C(=O)C23)C(=O)O1. The molecule has 1 saturated heterocycles. The summed E-state index contributed by atoms with van der Waals surface area (Å²) < 4.78 is 21.8. The number of cyclic esters (lactones) is 1. The molecule has 36 heavy (non-hydrogen) atoms. The number of hydrogen-bond acceptors (Lipinski definition) is 10. The number of fused-ring (bicyclic) bond motifs is 3. The van der Waals surface area contributed by atoms with Crippen LogP contribution in [0.2, 0.25) is 0 Å². The van der Waals surface area contributed by atoms with E-state index in [2.05, 4.69) is 34.2 Å². The normalized spacial score (nSPS) is 33.0. The second kappa shape index (κ2) is 10.4. The Kier molecular flexibility index (Phi) is 7.43. The van der Waals surface area contributed by atoms with Crippen LogP contribution in [0.1, 0.15) is 57.0 Å². The van der Waals surface area contributed by atoms with Gasteiger partial charge in [0.25, 0.3) is 0 Å². The number of carbonyl (C=O) groups excluding carboxylic acids is 4. The number of methoxy groups -OCH3 is 1. The number of rotatable bonds is 5. The van der Waals surface area contributed by atoms with Crippen molar-refractivity contribution < 1.29 is 37.8 Å². The van der Waals surface area contributed by atoms with Gasteiger partial charge in [-0.1, -0.05) is 12.8 Å². The average molecular weight is 514 g/mol. The molecule has 190 valence electrons. The van der Waals surface area contributed by atoms with Gasteiger partial charge in [-0.15, -0.1) is 0 Å². The largest absolute Gasteiger partial charge is 0.469 e. The number of ketones is 1. The van der Waals surface area contributed by atoms with Gasteiger partial charge < -0.3 is 18.6 Å². The highest BCUT2D eigenvalue weighted by Gasteiger charge is 2.63. The number of esters is 3. The summed E-state index contributed by atoms with van der Waals surface area (Å²) in [5.41, 5.74) is -0.136. The fourth-order valence-corrected chi connectivity index (χ4v) is 6.35. The highest BCUT2D eigenvalue weighted by Crippen LogP contribution is 2.59. The van der Waals surface area contributed by atoms with Crippen LogP contribution < -0.4 is 0 Å². The summed E-state index contributed by atoms with van der Waals surface area (Å²) in [5, 5.41) is 2.09. The second-order valence-electron chi connectivity index (χ2n) is 9.63. The number of carbonyl (C=O) groups is 4. The number of ether oxygens (including phenoxy) is 3. The molecule has 1 aromatic rings. The molecule has 3 aliphatic rings. The molecule has 2 heterocycles. The Labute approximate surface area is 213 Å². The maximum atomic E-state index is 13.9. The van der Waals surface area contributed by atoms with E-state index in [0.717, 1.165) is 0 Å². The number of furan rings is 1. The predicted octanol–water partition coefficient (Wildman–Crippen LogP) is 3.06. The highest BCUT2D eigenvalue weighted by molar-refractivity contribution is 7.78. The van der Waals surface area contributed by atoms with E-state index < -0.39 is 59.2 Å². The zero-order chi connectivity index (χ0) is 26.0. The summed E-state index contributed by atoms with van der Waals surface area (Å²) in [6, 6.07) is 1.71. The van der Waals surface area contributed by atoms with Crippen molar-refractivity contribution in [1.29, 1.82) is 0 Å². The minimum Gasteiger partial charge on any atom is -0.469 e. The molecule has 2 saturated carbocycles. The number of hydrogen-bond donors (Lipinski definition) is 0. The average Bonchev–Trinajstić information content (AvgIpc) is 3.32. The van der Waals surface area contributed by atoms with Crippen LogP contribution in [0, 0.1) is 40.9 Å². The van der Waals surface area contributed by atoms with Crippen LogP contribution in [-0.4, -0.2) is 48.6 Å². The molecule has 7 atom stereocenters. The third-order valence-electron chi connectivity index (χ3n) is 7.88. The summed E-state index contributed by atoms with van der Waals surface area (Å²) in [5.74, 6) is 1.80. The number of thiocarbonyl (C=S) groups is 1. The molecular formula is C26H27NO8S. The zero-order valence-electron chi connectivity index (χ0n) is 20.3. The van der Waals surface area contributed by atoms with Gasteiger partial charge in [-0.25, -0.2) is 9.79 Å². The van der Waals surface area contributed by atoms with Gasteiger partial charge in [0, 0.05) is 17.9 Å². The van der Waals surface area contributed by atoms with Gasteiger partial charge >= 0.3 is 17.9 Å². The molecule has 9 nitrogen and oxygen atoms in total. The molecule has 0 radical (unpaired) electrons. The van der Waals surface area contributed by atoms with Gasteiger partial charge in [0.05, 0.1) is 30.4 Å². The molecule has 0 bridgehead atoms. The molecule has 7 unspecified atom stereocenters. The summed E-state index contributed by atoms with van der Waals surface area (Å²) in [7, 11) is 1.29. The van der Waals surface area contributed by atoms with Crippen molar-refractivity contribution in [2.24, 2.45) is 34.1 Å². The molecule has 1 aliphatic heterocycles. The third kappa shape index (κ3) is 4.49. The van der Waals surface area contributed by atoms with Crippen molar-refractivity contribution in [1.82, 2.24) is 0 Å². The monoisotopic (exact) mass is 513 g/mol. The van der Waals surface area contributed by atoms with Crippen molar-refractivity contribution in [3.63, 3.8) is 0 Å². The maximum Gasteiger partial charge on any atom is 0.329 e. The van der Waals surface area contributed by atoms with Gasteiger partial charge in [-0.05, 0) is 61.7 Å². The maximum absolute atomic E-state index is 13.9. The number of Topliss-reactive ketones (excluding diaryl/α,β-unsaturated/α-hetero) is 1. The Morgan fingerprint density at radius 2 is 2.08 bits per heavy atom. The lowest BCUT2D eigenvalue weighted by Gasteiger charge is -2.56. The van der Waals surface area contributed by atoms with E-state index in [4.69, 9.17) is 18.6 Å². The van der Waals surface area contributed by atoms with E-state index in [0.29, 0.717) is 30.6 Å². The Morgan fingerprint density at radius 3 is 2.78 bits per heavy atom. The summed E-state index contributed by atoms with van der Waals surface area (Å²) in [6.07, 6.45) is 0.963. The minimum atomic E-state index is -1.16. The molecule has 0 spiro atoms. The van der Waals surface area contributed by atoms with E-state index in [9.17, 15) is 19.2 Å². The molecule has 0 N–H and O–H groups in total. The third-order valence-corrected chi connectivity index (χ3v) is 8.01. The number of nitrogens with zero attached hydrogens (tertiary/aromatic N) is 1. The van der Waals surface area contributed by atoms with Crippen LogP contribution in [0.5, 0.6) is 0 Å². The highest BCUT2D eigenvalue weighted by atomic mass is 32.1. The van der Waals surface area contributed by atoms with E-state index in [-0.39, 0.29) is 18.7 Å². The fourth-order valence-electron chi connectivity index (χ4n) is 6.28. The summed E-state index contributed by atoms with van der Waals surface area (Å²) in [4.78, 5) is 55.7. The van der Waals surface area contributed by atoms with Crippen molar-refractivity contribution in [2.45, 2.75) is 51.7 Å². The quantitative estimate of drug-likeness (QED) is 0.192. The Hall–Kier alpha value is -3.28. The topological polar surface area (TPSA) is 121 Å². The van der Waals surface area contributed by atoms with Gasteiger partial charge in [0.15, 0.2) is 17.6 Å². The number of aliphatic imine (C=N–C) groups is 1. The summed E-state index contributed by atoms with van der Waals surface area (Å²) >= 11 is 4.49. The molecule has 3 fully saturated rings. The Bertz CT molecular complexity index is 1190. The van der Waals surface area contributed by atoms with Gasteiger partial charge in [0.1, 0.15) is 12.6 Å². The molecule has 1 aromatic heterocycles. The molecule has 0 amide bonds. The van der Waals surface area contributed by atoms with Crippen molar-refractivity contribution in [3.05, 3.63) is 23.7 Å². The molecule has 4 rings (SSSR count). The van der Waals surface area contributed by atoms with Crippen LogP contribution in [-0.2, 0) is 33.4 Å². The number of isothiocyanates is 1. The first-order valence-corrected chi connectivity index (χ1v) is 12.2. The molecular weight excluding hydrogens is 486 g/mol. The van der Waals surface area contributed by atoms with Crippen molar-refractivity contribution in [3.8, 4) is 11.8 Å². The van der Waals surface area contributed by atoms with Gasteiger partial charge in [0.2, 0.25) is 0 Å². The van der Waals surface area contributed by atoms with E-state index in [1.54, 1.807) is 13.0 Å². The van der Waals surface area contributed by atoms with Gasteiger partial charge in [-0.2, -0.15) is 0 Å². The first-order valence-electron chi connectivity index (χ1n) is 11.8. The molecule has 10 heteroatoms. The lowest BCUT2D eigenvalue weighted by Crippen LogP contribution is -2.61. The molecule has 0 aromatic carbocycles. The first kappa shape index (κ1) is 25.8.